The molecule has 1 aromatic rings. The average molecular weight is 284 g/mol. The summed E-state index contributed by atoms with van der Waals surface area (Å²) in [6, 6.07) is 1.58. The zero-order chi connectivity index (χ0) is 11.6. The van der Waals surface area contributed by atoms with Crippen molar-refractivity contribution >= 4 is 15.9 Å². The Kier molecular flexibility index (Phi) is 3.75. The zero-order valence-corrected chi connectivity index (χ0v) is 9.14. The topological polar surface area (TPSA) is 46.2 Å². The molecule has 0 aliphatic carbocycles. The van der Waals surface area contributed by atoms with Crippen LogP contribution in [0, 0.1) is 5.82 Å². The third-order valence-corrected chi connectivity index (χ3v) is 2.68. The zero-order valence-electron chi connectivity index (χ0n) is 7.55. The van der Waals surface area contributed by atoms with Gasteiger partial charge >= 0.3 is 0 Å². The van der Waals surface area contributed by atoms with Crippen LogP contribution in [0.4, 0.5) is 13.2 Å². The quantitative estimate of drug-likeness (QED) is 0.894. The van der Waals surface area contributed by atoms with Crippen LogP contribution in [0.2, 0.25) is 0 Å². The Bertz CT molecular complexity index is 359. The lowest BCUT2D eigenvalue weighted by atomic mass is 10.0. The van der Waals surface area contributed by atoms with Crippen LogP contribution >= 0.6 is 15.9 Å². The highest BCUT2D eigenvalue weighted by molar-refractivity contribution is 9.10. The van der Waals surface area contributed by atoms with E-state index in [1.165, 1.54) is 6.07 Å². The fourth-order valence-electron chi connectivity index (χ4n) is 1.08. The average Bonchev–Trinajstić information content (AvgIpc) is 2.20. The number of halogens is 4. The van der Waals surface area contributed by atoms with Gasteiger partial charge in [0.1, 0.15) is 12.4 Å². The fraction of sp³-hybridized carbons (Fsp3) is 0.333. The molecule has 0 bridgehead atoms. The molecule has 15 heavy (non-hydrogen) atoms. The van der Waals surface area contributed by atoms with Crippen LogP contribution in [0.25, 0.3) is 0 Å². The summed E-state index contributed by atoms with van der Waals surface area (Å²) in [5.41, 5.74) is 5.17. The number of hydrogen-bond donors (Lipinski definition) is 2. The van der Waals surface area contributed by atoms with Crippen molar-refractivity contribution in [2.24, 2.45) is 5.73 Å². The van der Waals surface area contributed by atoms with Gasteiger partial charge in [0.25, 0.3) is 5.92 Å². The molecule has 0 fully saturated rings. The lowest BCUT2D eigenvalue weighted by Crippen LogP contribution is -2.36. The molecule has 2 nitrogen and oxygen atoms in total. The minimum atomic E-state index is -3.48. The van der Waals surface area contributed by atoms with Crippen molar-refractivity contribution in [3.05, 3.63) is 34.1 Å². The fourth-order valence-corrected chi connectivity index (χ4v) is 1.57. The van der Waals surface area contributed by atoms with E-state index in [2.05, 4.69) is 15.9 Å². The van der Waals surface area contributed by atoms with Crippen LogP contribution in [0.1, 0.15) is 11.6 Å². The maximum Gasteiger partial charge on any atom is 0.289 e. The van der Waals surface area contributed by atoms with Crippen molar-refractivity contribution in [1.29, 1.82) is 0 Å². The summed E-state index contributed by atoms with van der Waals surface area (Å²) in [6.45, 7) is -1.38. The highest BCUT2D eigenvalue weighted by atomic mass is 79.9. The molecule has 0 spiro atoms. The molecule has 0 heterocycles. The van der Waals surface area contributed by atoms with Crippen molar-refractivity contribution in [3.63, 3.8) is 0 Å². The number of aliphatic hydroxyl groups is 1. The van der Waals surface area contributed by atoms with Crippen LogP contribution in [0.5, 0.6) is 0 Å². The summed E-state index contributed by atoms with van der Waals surface area (Å²) in [5, 5.41) is 8.45. The van der Waals surface area contributed by atoms with E-state index in [0.29, 0.717) is 0 Å². The van der Waals surface area contributed by atoms with Gasteiger partial charge < -0.3 is 10.8 Å². The van der Waals surface area contributed by atoms with E-state index in [1.807, 2.05) is 0 Å². The molecule has 0 amide bonds. The summed E-state index contributed by atoms with van der Waals surface area (Å²) < 4.78 is 39.1. The van der Waals surface area contributed by atoms with Crippen LogP contribution in [-0.2, 0) is 0 Å². The highest BCUT2D eigenvalue weighted by Crippen LogP contribution is 2.33. The number of nitrogens with two attached hydrogens (primary N) is 1. The summed E-state index contributed by atoms with van der Waals surface area (Å²) in [6.07, 6.45) is 0. The monoisotopic (exact) mass is 283 g/mol. The molecule has 0 radical (unpaired) electrons. The third-order valence-electron chi connectivity index (χ3n) is 1.96. The molecule has 1 rings (SSSR count). The normalized spacial score (nSPS) is 14.0. The summed E-state index contributed by atoms with van der Waals surface area (Å²) in [4.78, 5) is 0. The first-order chi connectivity index (χ1) is 6.88. The Morgan fingerprint density at radius 3 is 2.60 bits per heavy atom. The van der Waals surface area contributed by atoms with Crippen molar-refractivity contribution in [1.82, 2.24) is 0 Å². The molecular weight excluding hydrogens is 275 g/mol. The lowest BCUT2D eigenvalue weighted by Gasteiger charge is -2.22. The maximum absolute atomic E-state index is 13.0. The van der Waals surface area contributed by atoms with E-state index in [1.54, 1.807) is 0 Å². The Hall–Kier alpha value is -0.590. The largest absolute Gasteiger partial charge is 0.390 e. The van der Waals surface area contributed by atoms with Crippen LogP contribution in [-0.4, -0.2) is 17.6 Å². The first kappa shape index (κ1) is 12.5. The molecule has 0 saturated heterocycles. The number of alkyl halides is 2. The first-order valence-corrected chi connectivity index (χ1v) is 4.87. The number of aliphatic hydroxyl groups excluding tert-OH is 1. The van der Waals surface area contributed by atoms with Gasteiger partial charge in [-0.3, -0.25) is 0 Å². The van der Waals surface area contributed by atoms with E-state index in [9.17, 15) is 13.2 Å². The number of benzene rings is 1. The van der Waals surface area contributed by atoms with E-state index in [4.69, 9.17) is 10.8 Å². The summed E-state index contributed by atoms with van der Waals surface area (Å²) in [5.74, 6) is -4.13. The van der Waals surface area contributed by atoms with Crippen LogP contribution < -0.4 is 5.73 Å². The van der Waals surface area contributed by atoms with Gasteiger partial charge in [-0.15, -0.1) is 0 Å². The van der Waals surface area contributed by atoms with E-state index in [-0.39, 0.29) is 10.0 Å². The lowest BCUT2D eigenvalue weighted by molar-refractivity contribution is -0.0713. The molecule has 0 aliphatic rings. The number of hydrogen-bond acceptors (Lipinski definition) is 2. The second kappa shape index (κ2) is 4.51. The predicted molar refractivity (Wildman–Crippen MR) is 53.1 cm³/mol. The maximum atomic E-state index is 13.0. The second-order valence-electron chi connectivity index (χ2n) is 3.06. The van der Waals surface area contributed by atoms with Gasteiger partial charge in [0, 0.05) is 4.47 Å². The Labute approximate surface area is 93.0 Å². The van der Waals surface area contributed by atoms with Gasteiger partial charge in [-0.05, 0) is 23.8 Å². The molecule has 0 aliphatic heterocycles. The molecular formula is C9H9BrF3NO. The van der Waals surface area contributed by atoms with Gasteiger partial charge in [-0.1, -0.05) is 15.9 Å². The molecule has 0 saturated carbocycles. The highest BCUT2D eigenvalue weighted by Gasteiger charge is 2.38. The minimum absolute atomic E-state index is 0.0750. The molecule has 1 atom stereocenters. The van der Waals surface area contributed by atoms with E-state index in [0.717, 1.165) is 12.1 Å². The van der Waals surface area contributed by atoms with Crippen LogP contribution in [0.15, 0.2) is 22.7 Å². The molecule has 1 aromatic carbocycles. The Morgan fingerprint density at radius 1 is 1.47 bits per heavy atom. The SMILES string of the molecule is N[C@H](c1cc(F)ccc1Br)C(F)(F)CO. The van der Waals surface area contributed by atoms with Crippen molar-refractivity contribution in [2.45, 2.75) is 12.0 Å². The van der Waals surface area contributed by atoms with Crippen molar-refractivity contribution < 1.29 is 18.3 Å². The van der Waals surface area contributed by atoms with Gasteiger partial charge in [-0.25, -0.2) is 13.2 Å². The molecule has 3 N–H and O–H groups in total. The van der Waals surface area contributed by atoms with Gasteiger partial charge in [0.05, 0.1) is 6.04 Å². The molecule has 6 heteroatoms. The summed E-state index contributed by atoms with van der Waals surface area (Å²) >= 11 is 2.99. The number of rotatable bonds is 3. The van der Waals surface area contributed by atoms with Crippen molar-refractivity contribution in [3.8, 4) is 0 Å². The van der Waals surface area contributed by atoms with Gasteiger partial charge in [-0.2, -0.15) is 0 Å². The molecule has 0 unspecified atom stereocenters. The summed E-state index contributed by atoms with van der Waals surface area (Å²) in [7, 11) is 0. The predicted octanol–water partition coefficient (Wildman–Crippen LogP) is 2.22. The van der Waals surface area contributed by atoms with Crippen molar-refractivity contribution in [2.75, 3.05) is 6.61 Å². The van der Waals surface area contributed by atoms with E-state index < -0.39 is 24.4 Å². The van der Waals surface area contributed by atoms with E-state index >= 15 is 0 Å². The third kappa shape index (κ3) is 2.70. The smallest absolute Gasteiger partial charge is 0.289 e. The first-order valence-electron chi connectivity index (χ1n) is 4.07. The van der Waals surface area contributed by atoms with Gasteiger partial charge in [0.2, 0.25) is 0 Å². The minimum Gasteiger partial charge on any atom is -0.390 e. The standard InChI is InChI=1S/C9H9BrF3NO/c10-7-2-1-5(11)3-6(7)8(14)9(12,13)4-15/h1-3,8,15H,4,14H2/t8-/m1/s1. The molecule has 0 aromatic heterocycles. The molecule has 84 valence electrons. The Morgan fingerprint density at radius 2 is 2.07 bits per heavy atom. The second-order valence-corrected chi connectivity index (χ2v) is 3.92. The Balaban J connectivity index is 3.10. The van der Waals surface area contributed by atoms with Gasteiger partial charge in [0.15, 0.2) is 0 Å². The van der Waals surface area contributed by atoms with Crippen LogP contribution in [0.3, 0.4) is 0 Å².